The monoisotopic (exact) mass is 330 g/mol. The molecule has 0 bridgehead atoms. The van der Waals surface area contributed by atoms with Gasteiger partial charge in [-0.3, -0.25) is 9.59 Å². The molecule has 0 atom stereocenters. The fourth-order valence-corrected chi connectivity index (χ4v) is 4.27. The maximum Gasteiger partial charge on any atom is 0.323 e. The van der Waals surface area contributed by atoms with E-state index in [1.807, 2.05) is 20.0 Å². The van der Waals surface area contributed by atoms with Gasteiger partial charge < -0.3 is 14.9 Å². The van der Waals surface area contributed by atoms with Crippen molar-refractivity contribution in [3.63, 3.8) is 0 Å². The average molecular weight is 330 g/mol. The Bertz CT molecular complexity index is 542. The molecule has 1 N–H and O–H groups in total. The average Bonchev–Trinajstić information content (AvgIpc) is 2.84. The third-order valence-electron chi connectivity index (χ3n) is 2.92. The van der Waals surface area contributed by atoms with Crippen LogP contribution in [0.4, 0.5) is 0 Å². The van der Waals surface area contributed by atoms with Gasteiger partial charge in [-0.2, -0.15) is 0 Å². The molecule has 20 heavy (non-hydrogen) atoms. The van der Waals surface area contributed by atoms with Gasteiger partial charge in [0.15, 0.2) is 0 Å². The Morgan fingerprint density at radius 3 is 2.80 bits per heavy atom. The van der Waals surface area contributed by atoms with Gasteiger partial charge in [0.25, 0.3) is 0 Å². The molecule has 8 heteroatoms. The first-order valence-electron chi connectivity index (χ1n) is 5.92. The molecular weight excluding hydrogens is 316 g/mol. The topological polar surface area (TPSA) is 60.9 Å². The van der Waals surface area contributed by atoms with Gasteiger partial charge in [0.1, 0.15) is 16.6 Å². The normalized spacial score (nSPS) is 24.0. The lowest BCUT2D eigenvalue weighted by molar-refractivity contribution is -0.137. The highest BCUT2D eigenvalue weighted by molar-refractivity contribution is 8.33. The second-order valence-corrected chi connectivity index (χ2v) is 7.14. The second-order valence-electron chi connectivity index (χ2n) is 4.42. The largest absolute Gasteiger partial charge is 0.480 e. The van der Waals surface area contributed by atoms with Crippen molar-refractivity contribution in [2.45, 2.75) is 6.92 Å². The highest BCUT2D eigenvalue weighted by Crippen LogP contribution is 2.33. The van der Waals surface area contributed by atoms with Crippen molar-refractivity contribution in [1.29, 1.82) is 0 Å². The van der Waals surface area contributed by atoms with Crippen LogP contribution in [-0.2, 0) is 9.59 Å². The molecule has 2 fully saturated rings. The Balaban J connectivity index is 2.35. The molecule has 0 spiro atoms. The number of carboxylic acids is 1. The van der Waals surface area contributed by atoms with Crippen molar-refractivity contribution in [3.8, 4) is 0 Å². The van der Waals surface area contributed by atoms with Gasteiger partial charge >= 0.3 is 5.97 Å². The number of hydrogen-bond acceptors (Lipinski definition) is 6. The first kappa shape index (κ1) is 15.4. The van der Waals surface area contributed by atoms with E-state index in [-0.39, 0.29) is 11.7 Å². The molecule has 0 saturated carbocycles. The van der Waals surface area contributed by atoms with E-state index in [1.54, 1.807) is 11.8 Å². The summed E-state index contributed by atoms with van der Waals surface area (Å²) in [6.07, 6.45) is 1.92. The minimum atomic E-state index is -1.01. The zero-order chi connectivity index (χ0) is 14.9. The molecule has 0 aromatic carbocycles. The van der Waals surface area contributed by atoms with E-state index in [9.17, 15) is 9.59 Å². The molecule has 0 radical (unpaired) electrons. The van der Waals surface area contributed by atoms with Gasteiger partial charge in [-0.25, -0.2) is 0 Å². The smallest absolute Gasteiger partial charge is 0.323 e. The Morgan fingerprint density at radius 1 is 1.55 bits per heavy atom. The Hall–Kier alpha value is -0.990. The molecule has 108 valence electrons. The van der Waals surface area contributed by atoms with Crippen molar-refractivity contribution in [2.75, 3.05) is 25.9 Å². The van der Waals surface area contributed by atoms with Crippen LogP contribution in [0.3, 0.4) is 0 Å². The number of thiocarbonyl (C=S) groups is 1. The van der Waals surface area contributed by atoms with Gasteiger partial charge in [0.2, 0.25) is 5.12 Å². The summed E-state index contributed by atoms with van der Waals surface area (Å²) in [6, 6.07) is 0. The first-order valence-corrected chi connectivity index (χ1v) is 8.13. The van der Waals surface area contributed by atoms with Crippen LogP contribution < -0.4 is 0 Å². The van der Waals surface area contributed by atoms with Crippen molar-refractivity contribution in [1.82, 2.24) is 9.80 Å². The lowest BCUT2D eigenvalue weighted by Gasteiger charge is -2.17. The Morgan fingerprint density at radius 2 is 2.25 bits per heavy atom. The lowest BCUT2D eigenvalue weighted by Crippen LogP contribution is -2.29. The fourth-order valence-electron chi connectivity index (χ4n) is 1.95. The zero-order valence-electron chi connectivity index (χ0n) is 11.1. The molecule has 0 aromatic heterocycles. The van der Waals surface area contributed by atoms with E-state index in [0.29, 0.717) is 10.0 Å². The first-order chi connectivity index (χ1) is 9.40. The standard InChI is InChI=1S/C12H14N2O3S3/c1-7(5-8-13(2)3-4-19-8)10-11(17)20-12(18)14(10)6-9(15)16/h5H,3-4,6H2,1-2H3,(H,15,16)/b8-5+,10-7-. The minimum Gasteiger partial charge on any atom is -0.480 e. The molecule has 2 heterocycles. The van der Waals surface area contributed by atoms with E-state index in [4.69, 9.17) is 17.3 Å². The molecule has 0 amide bonds. The van der Waals surface area contributed by atoms with E-state index < -0.39 is 5.97 Å². The SMILES string of the molecule is CC(/C=C1/SCCN1C)=C1\C(=O)SC(=S)N1CC(=O)O. The fraction of sp³-hybridized carbons (Fsp3) is 0.417. The maximum atomic E-state index is 12.0. The maximum absolute atomic E-state index is 12.0. The summed E-state index contributed by atoms with van der Waals surface area (Å²) in [7, 11) is 1.99. The number of hydrogen-bond donors (Lipinski definition) is 1. The molecular formula is C12H14N2O3S3. The molecule has 0 unspecified atom stereocenters. The Kier molecular flexibility index (Phi) is 4.77. The summed E-state index contributed by atoms with van der Waals surface area (Å²) < 4.78 is 0.303. The van der Waals surface area contributed by atoms with Crippen LogP contribution in [0.15, 0.2) is 22.4 Å². The van der Waals surface area contributed by atoms with Crippen LogP contribution in [0.1, 0.15) is 6.92 Å². The summed E-state index contributed by atoms with van der Waals surface area (Å²) >= 11 is 7.71. The van der Waals surface area contributed by atoms with Gasteiger partial charge in [0.05, 0.1) is 5.03 Å². The van der Waals surface area contributed by atoms with Crippen LogP contribution >= 0.6 is 35.7 Å². The number of allylic oxidation sites excluding steroid dienone is 2. The predicted molar refractivity (Wildman–Crippen MR) is 85.4 cm³/mol. The van der Waals surface area contributed by atoms with Gasteiger partial charge in [-0.05, 0) is 30.3 Å². The predicted octanol–water partition coefficient (Wildman–Crippen LogP) is 1.73. The molecule has 0 aromatic rings. The summed E-state index contributed by atoms with van der Waals surface area (Å²) in [5.41, 5.74) is 1.13. The summed E-state index contributed by atoms with van der Waals surface area (Å²) in [5.74, 6) is 0.0122. The number of aliphatic carboxylic acids is 1. The molecule has 5 nitrogen and oxygen atoms in total. The quantitative estimate of drug-likeness (QED) is 0.620. The van der Waals surface area contributed by atoms with Crippen LogP contribution in [0.5, 0.6) is 0 Å². The number of nitrogens with zero attached hydrogens (tertiary/aromatic N) is 2. The minimum absolute atomic E-state index is 0.184. The van der Waals surface area contributed by atoms with E-state index in [2.05, 4.69) is 4.90 Å². The van der Waals surface area contributed by atoms with Crippen LogP contribution in [0.2, 0.25) is 0 Å². The number of thioether (sulfide) groups is 2. The van der Waals surface area contributed by atoms with Crippen molar-refractivity contribution >= 4 is 51.1 Å². The molecule has 2 saturated heterocycles. The highest BCUT2D eigenvalue weighted by atomic mass is 32.2. The Labute approximate surface area is 131 Å². The van der Waals surface area contributed by atoms with Crippen LogP contribution in [0.25, 0.3) is 0 Å². The summed E-state index contributed by atoms with van der Waals surface area (Å²) in [4.78, 5) is 26.4. The molecule has 2 rings (SSSR count). The third-order valence-corrected chi connectivity index (χ3v) is 5.28. The summed E-state index contributed by atoms with van der Waals surface area (Å²) in [5, 5.41) is 9.83. The highest BCUT2D eigenvalue weighted by Gasteiger charge is 2.34. The third kappa shape index (κ3) is 3.18. The van der Waals surface area contributed by atoms with Crippen molar-refractivity contribution < 1.29 is 14.7 Å². The van der Waals surface area contributed by atoms with Gasteiger partial charge in [-0.1, -0.05) is 12.2 Å². The molecule has 2 aliphatic rings. The second kappa shape index (κ2) is 6.19. The van der Waals surface area contributed by atoms with E-state index >= 15 is 0 Å². The van der Waals surface area contributed by atoms with Gasteiger partial charge in [-0.15, -0.1) is 11.8 Å². The lowest BCUT2D eigenvalue weighted by atomic mass is 10.2. The summed E-state index contributed by atoms with van der Waals surface area (Å²) in [6.45, 7) is 2.51. The van der Waals surface area contributed by atoms with Crippen LogP contribution in [0, 0.1) is 0 Å². The van der Waals surface area contributed by atoms with Crippen molar-refractivity contribution in [3.05, 3.63) is 22.4 Å². The van der Waals surface area contributed by atoms with Gasteiger partial charge in [0, 0.05) is 19.3 Å². The van der Waals surface area contributed by atoms with E-state index in [1.165, 1.54) is 4.90 Å². The molecule has 0 aliphatic carbocycles. The van der Waals surface area contributed by atoms with E-state index in [0.717, 1.165) is 34.7 Å². The van der Waals surface area contributed by atoms with Crippen LogP contribution in [-0.4, -0.2) is 56.2 Å². The van der Waals surface area contributed by atoms with Crippen molar-refractivity contribution in [2.24, 2.45) is 0 Å². The number of carbonyl (C=O) groups excluding carboxylic acids is 1. The number of rotatable bonds is 3. The number of carbonyl (C=O) groups is 2. The number of carboxylic acid groups (broad SMARTS) is 1. The molecule has 2 aliphatic heterocycles. The zero-order valence-corrected chi connectivity index (χ0v) is 13.5.